The van der Waals surface area contributed by atoms with Crippen LogP contribution in [0.3, 0.4) is 0 Å². The summed E-state index contributed by atoms with van der Waals surface area (Å²) in [6, 6.07) is 17.5. The average molecular weight is 411 g/mol. The van der Waals surface area contributed by atoms with Crippen LogP contribution in [0.4, 0.5) is 5.82 Å². The van der Waals surface area contributed by atoms with Crippen molar-refractivity contribution in [2.75, 3.05) is 18.2 Å². The summed E-state index contributed by atoms with van der Waals surface area (Å²) in [7, 11) is 1.63. The van der Waals surface area contributed by atoms with Crippen LogP contribution in [0.15, 0.2) is 59.5 Å². The molecule has 28 heavy (non-hydrogen) atoms. The number of thiazole rings is 1. The standard InChI is InChI=1S/C20H18N4O2S2/c1-13-10-18(22-19(25)12-27-15-6-4-3-5-7-15)24(23-13)20-21-16-11-14(26-2)8-9-17(16)28-20/h3-11H,12H2,1-2H3,(H,22,25). The maximum atomic E-state index is 12.4. The van der Waals surface area contributed by atoms with Gasteiger partial charge in [-0.15, -0.1) is 11.8 Å². The molecule has 6 nitrogen and oxygen atoms in total. The molecule has 0 bridgehead atoms. The number of aryl methyl sites for hydroxylation is 1. The van der Waals surface area contributed by atoms with Crippen molar-refractivity contribution in [3.8, 4) is 10.9 Å². The molecular weight excluding hydrogens is 392 g/mol. The molecule has 4 rings (SSSR count). The zero-order valence-corrected chi connectivity index (χ0v) is 17.0. The van der Waals surface area contributed by atoms with Crippen molar-refractivity contribution >= 4 is 45.0 Å². The Morgan fingerprint density at radius 3 is 2.82 bits per heavy atom. The first kappa shape index (κ1) is 18.5. The monoisotopic (exact) mass is 410 g/mol. The fraction of sp³-hybridized carbons (Fsp3) is 0.150. The summed E-state index contributed by atoms with van der Waals surface area (Å²) < 4.78 is 7.97. The van der Waals surface area contributed by atoms with Crippen LogP contribution in [-0.2, 0) is 4.79 Å². The second-order valence-corrected chi connectivity index (χ2v) is 8.12. The highest BCUT2D eigenvalue weighted by Crippen LogP contribution is 2.29. The van der Waals surface area contributed by atoms with Crippen molar-refractivity contribution < 1.29 is 9.53 Å². The van der Waals surface area contributed by atoms with Crippen molar-refractivity contribution in [3.63, 3.8) is 0 Å². The molecule has 0 spiro atoms. The summed E-state index contributed by atoms with van der Waals surface area (Å²) in [5.41, 5.74) is 1.65. The molecule has 0 aliphatic rings. The summed E-state index contributed by atoms with van der Waals surface area (Å²) in [6.07, 6.45) is 0. The normalized spacial score (nSPS) is 10.9. The minimum absolute atomic E-state index is 0.0854. The second kappa shape index (κ2) is 8.04. The third-order valence-electron chi connectivity index (χ3n) is 3.98. The van der Waals surface area contributed by atoms with Crippen molar-refractivity contribution in [2.24, 2.45) is 0 Å². The number of ether oxygens (including phenoxy) is 1. The summed E-state index contributed by atoms with van der Waals surface area (Å²) in [6.45, 7) is 1.89. The van der Waals surface area contributed by atoms with Crippen LogP contribution < -0.4 is 10.1 Å². The van der Waals surface area contributed by atoms with Gasteiger partial charge >= 0.3 is 0 Å². The number of thioether (sulfide) groups is 1. The molecule has 2 heterocycles. The maximum absolute atomic E-state index is 12.4. The van der Waals surface area contributed by atoms with Gasteiger partial charge in [-0.05, 0) is 31.2 Å². The zero-order chi connectivity index (χ0) is 19.5. The van der Waals surface area contributed by atoms with Gasteiger partial charge in [0.25, 0.3) is 0 Å². The molecule has 0 aliphatic heterocycles. The first-order chi connectivity index (χ1) is 13.6. The van der Waals surface area contributed by atoms with Crippen LogP contribution >= 0.6 is 23.1 Å². The van der Waals surface area contributed by atoms with Gasteiger partial charge in [-0.3, -0.25) is 4.79 Å². The van der Waals surface area contributed by atoms with Crippen LogP contribution in [-0.4, -0.2) is 33.5 Å². The third-order valence-corrected chi connectivity index (χ3v) is 6.00. The zero-order valence-electron chi connectivity index (χ0n) is 15.4. The number of fused-ring (bicyclic) bond motifs is 1. The Morgan fingerprint density at radius 1 is 1.21 bits per heavy atom. The van der Waals surface area contributed by atoms with E-state index >= 15 is 0 Å². The lowest BCUT2D eigenvalue weighted by Crippen LogP contribution is -2.16. The summed E-state index contributed by atoms with van der Waals surface area (Å²) >= 11 is 3.01. The van der Waals surface area contributed by atoms with E-state index in [-0.39, 0.29) is 5.91 Å². The van der Waals surface area contributed by atoms with E-state index in [2.05, 4.69) is 15.4 Å². The average Bonchev–Trinajstić information content (AvgIpc) is 3.29. The Morgan fingerprint density at radius 2 is 2.04 bits per heavy atom. The molecule has 0 fully saturated rings. The number of carbonyl (C=O) groups is 1. The van der Waals surface area contributed by atoms with Crippen molar-refractivity contribution in [1.29, 1.82) is 0 Å². The molecule has 142 valence electrons. The number of amides is 1. The number of nitrogens with zero attached hydrogens (tertiary/aromatic N) is 3. The second-order valence-electron chi connectivity index (χ2n) is 6.06. The van der Waals surface area contributed by atoms with Crippen molar-refractivity contribution in [1.82, 2.24) is 14.8 Å². The first-order valence-corrected chi connectivity index (χ1v) is 10.4. The Kier molecular flexibility index (Phi) is 5.31. The van der Waals surface area contributed by atoms with Gasteiger partial charge < -0.3 is 10.1 Å². The van der Waals surface area contributed by atoms with Gasteiger partial charge in [0.1, 0.15) is 11.6 Å². The van der Waals surface area contributed by atoms with Crippen molar-refractivity contribution in [3.05, 3.63) is 60.3 Å². The van der Waals surface area contributed by atoms with E-state index in [4.69, 9.17) is 4.74 Å². The number of rotatable bonds is 6. The van der Waals surface area contributed by atoms with Crippen LogP contribution in [0.1, 0.15) is 5.69 Å². The molecule has 0 unspecified atom stereocenters. The number of nitrogens with one attached hydrogen (secondary N) is 1. The third kappa shape index (κ3) is 4.02. The molecule has 1 N–H and O–H groups in total. The Labute approximate surface area is 170 Å². The quantitative estimate of drug-likeness (QED) is 0.473. The van der Waals surface area contributed by atoms with E-state index < -0.39 is 0 Å². The van der Waals surface area contributed by atoms with Crippen LogP contribution in [0.5, 0.6) is 5.75 Å². The smallest absolute Gasteiger partial charge is 0.235 e. The SMILES string of the molecule is COc1ccc2sc(-n3nc(C)cc3NC(=O)CSc3ccccc3)nc2c1. The predicted molar refractivity (Wildman–Crippen MR) is 114 cm³/mol. The first-order valence-electron chi connectivity index (χ1n) is 8.62. The molecule has 1 amide bonds. The van der Waals surface area contributed by atoms with Gasteiger partial charge in [-0.2, -0.15) is 9.78 Å². The maximum Gasteiger partial charge on any atom is 0.235 e. The molecule has 0 atom stereocenters. The Hall–Kier alpha value is -2.84. The molecule has 0 saturated carbocycles. The lowest BCUT2D eigenvalue weighted by atomic mass is 10.3. The molecule has 0 radical (unpaired) electrons. The van der Waals surface area contributed by atoms with Gasteiger partial charge in [0.05, 0.1) is 28.8 Å². The highest BCUT2D eigenvalue weighted by Gasteiger charge is 2.15. The van der Waals surface area contributed by atoms with Gasteiger partial charge in [-0.25, -0.2) is 4.98 Å². The number of carbonyl (C=O) groups excluding carboxylic acids is 1. The Bertz CT molecular complexity index is 1120. The van der Waals surface area contributed by atoms with Crippen LogP contribution in [0.25, 0.3) is 15.3 Å². The molecular formula is C20H18N4O2S2. The number of hydrogen-bond acceptors (Lipinski definition) is 6. The largest absolute Gasteiger partial charge is 0.497 e. The summed E-state index contributed by atoms with van der Waals surface area (Å²) in [4.78, 5) is 18.1. The van der Waals surface area contributed by atoms with E-state index in [0.717, 1.165) is 26.6 Å². The number of methoxy groups -OCH3 is 1. The van der Waals surface area contributed by atoms with E-state index in [9.17, 15) is 4.79 Å². The molecule has 4 aromatic rings. The molecule has 8 heteroatoms. The summed E-state index contributed by atoms with van der Waals surface area (Å²) in [5, 5.41) is 8.15. The van der Waals surface area contributed by atoms with E-state index in [0.29, 0.717) is 16.7 Å². The number of benzene rings is 2. The number of hydrogen-bond donors (Lipinski definition) is 1. The fourth-order valence-electron chi connectivity index (χ4n) is 2.69. The van der Waals surface area contributed by atoms with Gasteiger partial charge in [0, 0.05) is 17.0 Å². The van der Waals surface area contributed by atoms with Crippen molar-refractivity contribution in [2.45, 2.75) is 11.8 Å². The lowest BCUT2D eigenvalue weighted by molar-refractivity contribution is -0.113. The minimum atomic E-state index is -0.0854. The van der Waals surface area contributed by atoms with Crippen LogP contribution in [0.2, 0.25) is 0 Å². The van der Waals surface area contributed by atoms with Gasteiger partial charge in [-0.1, -0.05) is 29.5 Å². The lowest BCUT2D eigenvalue weighted by Gasteiger charge is -2.06. The van der Waals surface area contributed by atoms with Gasteiger partial charge in [0.2, 0.25) is 11.0 Å². The Balaban J connectivity index is 1.54. The molecule has 2 aromatic carbocycles. The van der Waals surface area contributed by atoms with Gasteiger partial charge in [0.15, 0.2) is 0 Å². The topological polar surface area (TPSA) is 69.0 Å². The predicted octanol–water partition coefficient (Wildman–Crippen LogP) is 4.53. The number of aromatic nitrogens is 3. The highest BCUT2D eigenvalue weighted by molar-refractivity contribution is 8.00. The molecule has 0 saturated heterocycles. The fourth-order valence-corrected chi connectivity index (χ4v) is 4.32. The van der Waals surface area contributed by atoms with E-state index in [1.807, 2.05) is 61.5 Å². The molecule has 2 aromatic heterocycles. The van der Waals surface area contributed by atoms with E-state index in [1.54, 1.807) is 11.8 Å². The summed E-state index contributed by atoms with van der Waals surface area (Å²) in [5.74, 6) is 1.61. The molecule has 0 aliphatic carbocycles. The minimum Gasteiger partial charge on any atom is -0.497 e. The highest BCUT2D eigenvalue weighted by atomic mass is 32.2. The van der Waals surface area contributed by atoms with E-state index in [1.165, 1.54) is 23.1 Å². The number of anilines is 1. The van der Waals surface area contributed by atoms with Crippen LogP contribution in [0, 0.1) is 6.92 Å².